The van der Waals surface area contributed by atoms with Gasteiger partial charge in [0.1, 0.15) is 18.3 Å². The van der Waals surface area contributed by atoms with Crippen LogP contribution in [0, 0.1) is 0 Å². The fourth-order valence-corrected chi connectivity index (χ4v) is 1.98. The van der Waals surface area contributed by atoms with Gasteiger partial charge in [0.25, 0.3) is 0 Å². The van der Waals surface area contributed by atoms with Gasteiger partial charge in [0.05, 0.1) is 19.8 Å². The molecule has 0 amide bonds. The van der Waals surface area contributed by atoms with Gasteiger partial charge in [-0.3, -0.25) is 0 Å². The highest BCUT2D eigenvalue weighted by molar-refractivity contribution is 5.37. The Morgan fingerprint density at radius 3 is 1.13 bits per heavy atom. The minimum Gasteiger partial charge on any atom is -0.368 e. The number of hydrogen-bond acceptors (Lipinski definition) is 3. The molecule has 0 radical (unpaired) electrons. The number of epoxide rings is 3. The van der Waals surface area contributed by atoms with Crippen LogP contribution < -0.4 is 0 Å². The molecule has 0 aliphatic carbocycles. The number of benzene rings is 1. The Kier molecular flexibility index (Phi) is 1.55. The van der Waals surface area contributed by atoms with E-state index in [1.165, 1.54) is 16.7 Å². The fraction of sp³-hybridized carbons (Fsp3) is 0.500. The third-order valence-electron chi connectivity index (χ3n) is 3.12. The van der Waals surface area contributed by atoms with E-state index in [2.05, 4.69) is 18.2 Å². The summed E-state index contributed by atoms with van der Waals surface area (Å²) in [4.78, 5) is 0. The zero-order chi connectivity index (χ0) is 9.83. The Labute approximate surface area is 87.9 Å². The van der Waals surface area contributed by atoms with Crippen LogP contribution in [-0.2, 0) is 14.2 Å². The van der Waals surface area contributed by atoms with E-state index in [1.54, 1.807) is 0 Å². The Bertz CT molecular complexity index is 329. The van der Waals surface area contributed by atoms with Crippen LogP contribution in [0.1, 0.15) is 35.0 Å². The maximum atomic E-state index is 5.32. The molecule has 78 valence electrons. The predicted octanol–water partition coefficient (Wildman–Crippen LogP) is 1.90. The van der Waals surface area contributed by atoms with E-state index in [-0.39, 0.29) is 0 Å². The Morgan fingerprint density at radius 1 is 0.667 bits per heavy atom. The molecule has 3 heterocycles. The topological polar surface area (TPSA) is 37.6 Å². The summed E-state index contributed by atoms with van der Waals surface area (Å²) in [5, 5.41) is 0. The second kappa shape index (κ2) is 2.82. The summed E-state index contributed by atoms with van der Waals surface area (Å²) >= 11 is 0. The SMILES string of the molecule is c1c([C@@H]2CO2)cc([C@H]2CO2)cc1[C@H]1CO1. The smallest absolute Gasteiger partial charge is 0.106 e. The van der Waals surface area contributed by atoms with Crippen LogP contribution in [0.3, 0.4) is 0 Å². The van der Waals surface area contributed by atoms with Crippen LogP contribution in [0.2, 0.25) is 0 Å². The van der Waals surface area contributed by atoms with Crippen LogP contribution in [0.15, 0.2) is 18.2 Å². The molecule has 3 atom stereocenters. The van der Waals surface area contributed by atoms with E-state index < -0.39 is 0 Å². The van der Waals surface area contributed by atoms with Crippen molar-refractivity contribution in [2.45, 2.75) is 18.3 Å². The molecule has 15 heavy (non-hydrogen) atoms. The number of rotatable bonds is 3. The molecule has 0 N–H and O–H groups in total. The van der Waals surface area contributed by atoms with Gasteiger partial charge in [0.2, 0.25) is 0 Å². The second-order valence-corrected chi connectivity index (χ2v) is 4.40. The summed E-state index contributed by atoms with van der Waals surface area (Å²) < 4.78 is 16.0. The molecular formula is C12H12O3. The maximum absolute atomic E-state index is 5.32. The highest BCUT2D eigenvalue weighted by Gasteiger charge is 2.33. The van der Waals surface area contributed by atoms with Gasteiger partial charge in [-0.2, -0.15) is 0 Å². The first-order chi connectivity index (χ1) is 7.40. The van der Waals surface area contributed by atoms with Crippen molar-refractivity contribution < 1.29 is 14.2 Å². The van der Waals surface area contributed by atoms with E-state index in [1.807, 2.05) is 0 Å². The maximum Gasteiger partial charge on any atom is 0.106 e. The van der Waals surface area contributed by atoms with Gasteiger partial charge in [0, 0.05) is 0 Å². The van der Waals surface area contributed by atoms with Crippen molar-refractivity contribution in [3.63, 3.8) is 0 Å². The number of ether oxygens (including phenoxy) is 3. The largest absolute Gasteiger partial charge is 0.368 e. The quantitative estimate of drug-likeness (QED) is 0.706. The lowest BCUT2D eigenvalue weighted by Crippen LogP contribution is -1.91. The van der Waals surface area contributed by atoms with Gasteiger partial charge >= 0.3 is 0 Å². The fourth-order valence-electron chi connectivity index (χ4n) is 1.98. The van der Waals surface area contributed by atoms with Gasteiger partial charge in [-0.1, -0.05) is 18.2 Å². The molecule has 3 heteroatoms. The lowest BCUT2D eigenvalue weighted by molar-refractivity contribution is 0.405. The summed E-state index contributed by atoms with van der Waals surface area (Å²) in [6.07, 6.45) is 0.962. The van der Waals surface area contributed by atoms with Crippen molar-refractivity contribution in [1.29, 1.82) is 0 Å². The molecule has 3 aliphatic heterocycles. The van der Waals surface area contributed by atoms with Crippen LogP contribution in [0.5, 0.6) is 0 Å². The lowest BCUT2D eigenvalue weighted by atomic mass is 10.0. The first-order valence-corrected chi connectivity index (χ1v) is 5.40. The molecule has 0 spiro atoms. The standard InChI is InChI=1S/C12H12O3/c1-7(10-4-13-10)2-9(12-6-15-12)3-8(1)11-5-14-11/h1-3,10-12H,4-6H2/t10-,11-,12+/m1/s1. The summed E-state index contributed by atoms with van der Waals surface area (Å²) in [5.74, 6) is 0. The monoisotopic (exact) mass is 204 g/mol. The lowest BCUT2D eigenvalue weighted by Gasteiger charge is -2.04. The molecule has 1 aromatic rings. The highest BCUT2D eigenvalue weighted by atomic mass is 16.6. The van der Waals surface area contributed by atoms with Gasteiger partial charge < -0.3 is 14.2 Å². The average Bonchev–Trinajstić information content (AvgIpc) is 3.20. The van der Waals surface area contributed by atoms with Crippen molar-refractivity contribution in [2.75, 3.05) is 19.8 Å². The molecule has 1 aromatic carbocycles. The first kappa shape index (κ1) is 8.28. The molecule has 3 nitrogen and oxygen atoms in total. The van der Waals surface area contributed by atoms with E-state index in [0.29, 0.717) is 18.3 Å². The van der Waals surface area contributed by atoms with E-state index in [9.17, 15) is 0 Å². The van der Waals surface area contributed by atoms with Gasteiger partial charge in [-0.05, 0) is 16.7 Å². The zero-order valence-electron chi connectivity index (χ0n) is 8.31. The van der Waals surface area contributed by atoms with Gasteiger partial charge in [-0.25, -0.2) is 0 Å². The van der Waals surface area contributed by atoms with E-state index >= 15 is 0 Å². The molecule has 4 rings (SSSR count). The first-order valence-electron chi connectivity index (χ1n) is 5.40. The van der Waals surface area contributed by atoms with Crippen molar-refractivity contribution in [3.05, 3.63) is 34.9 Å². The zero-order valence-corrected chi connectivity index (χ0v) is 8.31. The summed E-state index contributed by atoms with van der Waals surface area (Å²) in [7, 11) is 0. The Morgan fingerprint density at radius 2 is 0.933 bits per heavy atom. The molecule has 3 fully saturated rings. The molecule has 0 unspecified atom stereocenters. The molecule has 0 aromatic heterocycles. The molecular weight excluding hydrogens is 192 g/mol. The van der Waals surface area contributed by atoms with Crippen molar-refractivity contribution >= 4 is 0 Å². The Hall–Kier alpha value is -0.900. The summed E-state index contributed by atoms with van der Waals surface area (Å²) in [6, 6.07) is 6.63. The molecule has 3 saturated heterocycles. The summed E-state index contributed by atoms with van der Waals surface area (Å²) in [6.45, 7) is 2.58. The third kappa shape index (κ3) is 1.57. The van der Waals surface area contributed by atoms with Crippen LogP contribution >= 0.6 is 0 Å². The van der Waals surface area contributed by atoms with Crippen LogP contribution in [0.4, 0.5) is 0 Å². The predicted molar refractivity (Wildman–Crippen MR) is 52.5 cm³/mol. The van der Waals surface area contributed by atoms with Crippen molar-refractivity contribution in [3.8, 4) is 0 Å². The number of hydrogen-bond donors (Lipinski definition) is 0. The van der Waals surface area contributed by atoms with Crippen LogP contribution in [-0.4, -0.2) is 19.8 Å². The van der Waals surface area contributed by atoms with Crippen molar-refractivity contribution in [2.24, 2.45) is 0 Å². The Balaban J connectivity index is 1.76. The van der Waals surface area contributed by atoms with Gasteiger partial charge in [0.15, 0.2) is 0 Å². The minimum atomic E-state index is 0.321. The molecule has 3 aliphatic rings. The average molecular weight is 204 g/mol. The summed E-state index contributed by atoms with van der Waals surface area (Å²) in [5.41, 5.74) is 3.86. The van der Waals surface area contributed by atoms with E-state index in [0.717, 1.165) is 19.8 Å². The third-order valence-corrected chi connectivity index (χ3v) is 3.12. The normalized spacial score (nSPS) is 36.4. The minimum absolute atomic E-state index is 0.321. The molecule has 0 saturated carbocycles. The van der Waals surface area contributed by atoms with Crippen LogP contribution in [0.25, 0.3) is 0 Å². The molecule has 0 bridgehead atoms. The van der Waals surface area contributed by atoms with Gasteiger partial charge in [-0.15, -0.1) is 0 Å². The van der Waals surface area contributed by atoms with E-state index in [4.69, 9.17) is 14.2 Å². The van der Waals surface area contributed by atoms with Crippen molar-refractivity contribution in [1.82, 2.24) is 0 Å². The second-order valence-electron chi connectivity index (χ2n) is 4.40. The highest BCUT2D eigenvalue weighted by Crippen LogP contribution is 2.40.